The molecule has 0 spiro atoms. The van der Waals surface area contributed by atoms with E-state index in [2.05, 4.69) is 28.3 Å². The number of hydrogen-bond acceptors (Lipinski definition) is 4. The quantitative estimate of drug-likeness (QED) is 0.625. The van der Waals surface area contributed by atoms with Crippen LogP contribution in [0.1, 0.15) is 16.8 Å². The average Bonchev–Trinajstić information content (AvgIpc) is 3.02. The summed E-state index contributed by atoms with van der Waals surface area (Å²) in [5.41, 5.74) is 11.1. The van der Waals surface area contributed by atoms with Gasteiger partial charge in [-0.15, -0.1) is 0 Å². The van der Waals surface area contributed by atoms with Crippen LogP contribution in [0.25, 0.3) is 16.8 Å². The molecule has 4 aromatic rings. The largest absolute Gasteiger partial charge is 0.382 e. The van der Waals surface area contributed by atoms with E-state index in [0.29, 0.717) is 23.4 Å². The number of benzene rings is 2. The minimum Gasteiger partial charge on any atom is -0.382 e. The van der Waals surface area contributed by atoms with E-state index < -0.39 is 0 Å². The first kappa shape index (κ1) is 14.9. The van der Waals surface area contributed by atoms with E-state index in [1.165, 1.54) is 6.20 Å². The number of rotatable bonds is 3. The van der Waals surface area contributed by atoms with E-state index in [-0.39, 0.29) is 0 Å². The normalized spacial score (nSPS) is 10.7. The molecule has 0 aliphatic rings. The lowest BCUT2D eigenvalue weighted by molar-refractivity contribution is 0.904. The fraction of sp³-hybridized carbons (Fsp3) is 0.0500. The molecule has 120 valence electrons. The minimum absolute atomic E-state index is 0.309. The number of fused-ring (bicyclic) bond motifs is 1. The van der Waals surface area contributed by atoms with Gasteiger partial charge in [-0.1, -0.05) is 60.7 Å². The van der Waals surface area contributed by atoms with Gasteiger partial charge >= 0.3 is 0 Å². The van der Waals surface area contributed by atoms with Gasteiger partial charge in [0.2, 0.25) is 0 Å². The molecule has 0 aliphatic carbocycles. The highest BCUT2D eigenvalue weighted by atomic mass is 15.3. The second-order valence-corrected chi connectivity index (χ2v) is 5.75. The maximum Gasteiger partial charge on any atom is 0.165 e. The summed E-state index contributed by atoms with van der Waals surface area (Å²) in [5.74, 6) is 0.309. The van der Waals surface area contributed by atoms with Crippen LogP contribution in [0, 0.1) is 11.3 Å². The van der Waals surface area contributed by atoms with Crippen LogP contribution in [0.2, 0.25) is 0 Å². The zero-order valence-electron chi connectivity index (χ0n) is 13.4. The predicted molar refractivity (Wildman–Crippen MR) is 96.8 cm³/mol. The number of nitrogen functional groups attached to an aromatic ring is 1. The second-order valence-electron chi connectivity index (χ2n) is 5.75. The van der Waals surface area contributed by atoms with Gasteiger partial charge in [0.25, 0.3) is 0 Å². The van der Waals surface area contributed by atoms with E-state index in [1.54, 1.807) is 4.52 Å². The van der Waals surface area contributed by atoms with E-state index in [1.807, 2.05) is 48.5 Å². The summed E-state index contributed by atoms with van der Waals surface area (Å²) in [6.45, 7) is 0. The Hall–Kier alpha value is -3.65. The molecule has 0 bridgehead atoms. The van der Waals surface area contributed by atoms with Gasteiger partial charge in [-0.3, -0.25) is 0 Å². The van der Waals surface area contributed by atoms with Crippen LogP contribution >= 0.6 is 0 Å². The molecule has 0 fully saturated rings. The van der Waals surface area contributed by atoms with Gasteiger partial charge < -0.3 is 5.73 Å². The molecule has 25 heavy (non-hydrogen) atoms. The molecule has 2 N–H and O–H groups in total. The summed E-state index contributed by atoms with van der Waals surface area (Å²) < 4.78 is 1.57. The Kier molecular flexibility index (Phi) is 3.64. The first-order valence-corrected chi connectivity index (χ1v) is 7.93. The molecule has 0 unspecified atom stereocenters. The highest BCUT2D eigenvalue weighted by molar-refractivity contribution is 5.81. The summed E-state index contributed by atoms with van der Waals surface area (Å²) in [6, 6.07) is 22.2. The van der Waals surface area contributed by atoms with Crippen LogP contribution in [-0.2, 0) is 6.42 Å². The van der Waals surface area contributed by atoms with Crippen molar-refractivity contribution in [3.8, 4) is 17.2 Å². The molecule has 0 saturated carbocycles. The third-order valence-electron chi connectivity index (χ3n) is 4.15. The highest BCUT2D eigenvalue weighted by Crippen LogP contribution is 2.30. The molecule has 2 aromatic carbocycles. The van der Waals surface area contributed by atoms with Gasteiger partial charge in [-0.2, -0.15) is 14.9 Å². The summed E-state index contributed by atoms with van der Waals surface area (Å²) in [7, 11) is 0. The lowest BCUT2D eigenvalue weighted by atomic mass is 10.0. The molecular formula is C20H15N5. The van der Waals surface area contributed by atoms with Gasteiger partial charge in [0.1, 0.15) is 17.5 Å². The van der Waals surface area contributed by atoms with E-state index >= 15 is 0 Å². The molecule has 0 amide bonds. The highest BCUT2D eigenvalue weighted by Gasteiger charge is 2.18. The molecule has 5 nitrogen and oxygen atoms in total. The van der Waals surface area contributed by atoms with Gasteiger partial charge in [-0.25, -0.2) is 4.98 Å². The van der Waals surface area contributed by atoms with Crippen molar-refractivity contribution < 1.29 is 0 Å². The first-order valence-electron chi connectivity index (χ1n) is 7.93. The zero-order chi connectivity index (χ0) is 17.2. The van der Waals surface area contributed by atoms with Crippen LogP contribution in [0.4, 0.5) is 5.82 Å². The smallest absolute Gasteiger partial charge is 0.165 e. The molecule has 0 aliphatic heterocycles. The Morgan fingerprint density at radius 3 is 2.36 bits per heavy atom. The lowest BCUT2D eigenvalue weighted by Gasteiger charge is -2.04. The third-order valence-corrected chi connectivity index (χ3v) is 4.15. The summed E-state index contributed by atoms with van der Waals surface area (Å²) in [6.07, 6.45) is 2.17. The number of nitriles is 1. The molecule has 0 radical (unpaired) electrons. The van der Waals surface area contributed by atoms with Crippen LogP contribution in [-0.4, -0.2) is 14.6 Å². The Balaban J connectivity index is 1.97. The Labute approximate surface area is 145 Å². The van der Waals surface area contributed by atoms with Crippen molar-refractivity contribution in [2.24, 2.45) is 0 Å². The molecule has 4 rings (SSSR count). The average molecular weight is 325 g/mol. The van der Waals surface area contributed by atoms with Crippen molar-refractivity contribution in [1.29, 1.82) is 5.26 Å². The maximum absolute atomic E-state index is 9.20. The van der Waals surface area contributed by atoms with Crippen molar-refractivity contribution in [3.05, 3.63) is 83.7 Å². The van der Waals surface area contributed by atoms with Crippen molar-refractivity contribution in [3.63, 3.8) is 0 Å². The molecule has 0 saturated heterocycles. The monoisotopic (exact) mass is 325 g/mol. The number of anilines is 1. The number of nitrogens with zero attached hydrogens (tertiary/aromatic N) is 4. The van der Waals surface area contributed by atoms with Crippen molar-refractivity contribution in [2.45, 2.75) is 6.42 Å². The molecular weight excluding hydrogens is 310 g/mol. The Bertz CT molecular complexity index is 1080. The third kappa shape index (κ3) is 2.60. The first-order chi connectivity index (χ1) is 12.3. The summed E-state index contributed by atoms with van der Waals surface area (Å²) in [4.78, 5) is 4.45. The molecule has 5 heteroatoms. The summed E-state index contributed by atoms with van der Waals surface area (Å²) in [5, 5.41) is 13.9. The van der Waals surface area contributed by atoms with Crippen LogP contribution in [0.15, 0.2) is 66.9 Å². The van der Waals surface area contributed by atoms with Crippen molar-refractivity contribution in [2.75, 3.05) is 5.73 Å². The summed E-state index contributed by atoms with van der Waals surface area (Å²) >= 11 is 0. The Morgan fingerprint density at radius 1 is 1.00 bits per heavy atom. The van der Waals surface area contributed by atoms with Crippen LogP contribution in [0.3, 0.4) is 0 Å². The van der Waals surface area contributed by atoms with Gasteiger partial charge in [0.15, 0.2) is 5.65 Å². The van der Waals surface area contributed by atoms with E-state index in [4.69, 9.17) is 5.73 Å². The fourth-order valence-electron chi connectivity index (χ4n) is 2.95. The Morgan fingerprint density at radius 2 is 1.68 bits per heavy atom. The molecule has 2 aromatic heterocycles. The van der Waals surface area contributed by atoms with E-state index in [9.17, 15) is 5.26 Å². The zero-order valence-corrected chi connectivity index (χ0v) is 13.4. The molecule has 2 heterocycles. The van der Waals surface area contributed by atoms with Crippen molar-refractivity contribution in [1.82, 2.24) is 14.6 Å². The van der Waals surface area contributed by atoms with Crippen molar-refractivity contribution >= 4 is 11.5 Å². The SMILES string of the molecule is N#Cc1cnc2c(-c3ccccc3)c(Cc3ccccc3)nn2c1N. The van der Waals surface area contributed by atoms with Gasteiger partial charge in [0.05, 0.1) is 17.5 Å². The lowest BCUT2D eigenvalue weighted by Crippen LogP contribution is -2.03. The minimum atomic E-state index is 0.309. The maximum atomic E-state index is 9.20. The number of nitrogens with two attached hydrogens (primary N) is 1. The predicted octanol–water partition coefficient (Wildman–Crippen LogP) is 3.44. The van der Waals surface area contributed by atoms with E-state index in [0.717, 1.165) is 22.4 Å². The molecule has 0 atom stereocenters. The fourth-order valence-corrected chi connectivity index (χ4v) is 2.95. The standard InChI is InChI=1S/C20H15N5/c21-12-16-13-23-20-18(15-9-5-2-6-10-15)17(24-25(20)19(16)22)11-14-7-3-1-4-8-14/h1-10,13H,11,22H2. The van der Waals surface area contributed by atoms with Crippen LogP contribution in [0.5, 0.6) is 0 Å². The topological polar surface area (TPSA) is 80.0 Å². The van der Waals surface area contributed by atoms with Gasteiger partial charge in [-0.05, 0) is 11.1 Å². The van der Waals surface area contributed by atoms with Gasteiger partial charge in [0, 0.05) is 6.42 Å². The number of hydrogen-bond donors (Lipinski definition) is 1. The van der Waals surface area contributed by atoms with Crippen LogP contribution < -0.4 is 5.73 Å². The second kappa shape index (κ2) is 6.10. The number of aromatic nitrogens is 3.